The second-order valence-electron chi connectivity index (χ2n) is 4.63. The summed E-state index contributed by atoms with van der Waals surface area (Å²) < 4.78 is 4.95. The number of unbranched alkanes of at least 4 members (excludes halogenated alkanes) is 1. The van der Waals surface area contributed by atoms with Crippen molar-refractivity contribution in [2.24, 2.45) is 5.92 Å². The minimum atomic E-state index is 0.0196. The van der Waals surface area contributed by atoms with Crippen LogP contribution in [-0.2, 0) is 9.53 Å². The van der Waals surface area contributed by atoms with Gasteiger partial charge in [0.1, 0.15) is 0 Å². The van der Waals surface area contributed by atoms with Gasteiger partial charge in [-0.1, -0.05) is 6.92 Å². The van der Waals surface area contributed by atoms with Gasteiger partial charge in [0.05, 0.1) is 6.04 Å². The number of methoxy groups -OCH3 is 1. The van der Waals surface area contributed by atoms with Crippen molar-refractivity contribution >= 4 is 5.91 Å². The van der Waals surface area contributed by atoms with Gasteiger partial charge in [-0.25, -0.2) is 0 Å². The summed E-state index contributed by atoms with van der Waals surface area (Å²) in [5, 5.41) is 6.24. The first-order chi connectivity index (χ1) is 7.74. The van der Waals surface area contributed by atoms with E-state index in [-0.39, 0.29) is 11.9 Å². The van der Waals surface area contributed by atoms with Crippen molar-refractivity contribution in [3.05, 3.63) is 0 Å². The molecule has 0 aliphatic carbocycles. The summed E-state index contributed by atoms with van der Waals surface area (Å²) in [4.78, 5) is 11.8. The zero-order chi connectivity index (χ0) is 11.8. The second-order valence-corrected chi connectivity index (χ2v) is 4.63. The molecule has 1 aliphatic rings. The van der Waals surface area contributed by atoms with Gasteiger partial charge in [-0.3, -0.25) is 4.79 Å². The Kier molecular flexibility index (Phi) is 6.42. The zero-order valence-corrected chi connectivity index (χ0v) is 10.4. The molecule has 1 heterocycles. The highest BCUT2D eigenvalue weighted by molar-refractivity contribution is 5.81. The lowest BCUT2D eigenvalue weighted by Gasteiger charge is -2.27. The smallest absolute Gasteiger partial charge is 0.237 e. The fourth-order valence-electron chi connectivity index (χ4n) is 2.01. The fourth-order valence-corrected chi connectivity index (χ4v) is 2.01. The van der Waals surface area contributed by atoms with E-state index in [1.54, 1.807) is 7.11 Å². The minimum absolute atomic E-state index is 0.0196. The summed E-state index contributed by atoms with van der Waals surface area (Å²) >= 11 is 0. The van der Waals surface area contributed by atoms with Crippen LogP contribution in [0.1, 0.15) is 32.6 Å². The van der Waals surface area contributed by atoms with Gasteiger partial charge in [0.25, 0.3) is 0 Å². The number of rotatable bonds is 6. The van der Waals surface area contributed by atoms with Crippen molar-refractivity contribution in [1.29, 1.82) is 0 Å². The average Bonchev–Trinajstić information content (AvgIpc) is 2.28. The number of hydrogen-bond acceptors (Lipinski definition) is 3. The number of hydrogen-bond donors (Lipinski definition) is 2. The normalized spacial score (nSPS) is 25.4. The Balaban J connectivity index is 2.09. The van der Waals surface area contributed by atoms with Gasteiger partial charge in [-0.2, -0.15) is 0 Å². The molecular formula is C12H24N2O2. The van der Waals surface area contributed by atoms with E-state index in [1.807, 2.05) is 0 Å². The van der Waals surface area contributed by atoms with E-state index in [2.05, 4.69) is 17.6 Å². The lowest BCUT2D eigenvalue weighted by Crippen LogP contribution is -2.48. The van der Waals surface area contributed by atoms with E-state index in [1.165, 1.54) is 6.42 Å². The van der Waals surface area contributed by atoms with E-state index in [9.17, 15) is 4.79 Å². The molecule has 1 amide bonds. The third-order valence-corrected chi connectivity index (χ3v) is 3.06. The molecule has 1 saturated heterocycles. The number of amides is 1. The highest BCUT2D eigenvalue weighted by Crippen LogP contribution is 2.14. The van der Waals surface area contributed by atoms with Crippen molar-refractivity contribution in [1.82, 2.24) is 10.6 Å². The molecule has 16 heavy (non-hydrogen) atoms. The van der Waals surface area contributed by atoms with E-state index >= 15 is 0 Å². The Hall–Kier alpha value is -0.610. The van der Waals surface area contributed by atoms with Crippen LogP contribution in [0, 0.1) is 5.92 Å². The summed E-state index contributed by atoms with van der Waals surface area (Å²) in [5.74, 6) is 0.814. The third kappa shape index (κ3) is 4.94. The Bertz CT molecular complexity index is 209. The molecule has 1 rings (SSSR count). The molecule has 4 heteroatoms. The first kappa shape index (κ1) is 13.5. The third-order valence-electron chi connectivity index (χ3n) is 3.06. The molecule has 1 aliphatic heterocycles. The van der Waals surface area contributed by atoms with E-state index in [0.717, 1.165) is 39.0 Å². The number of carbonyl (C=O) groups is 1. The molecule has 0 spiro atoms. The number of nitrogens with one attached hydrogen (secondary N) is 2. The Morgan fingerprint density at radius 2 is 2.31 bits per heavy atom. The SMILES string of the molecule is COCCCCNC(=O)C1CC(C)CCN1. The molecule has 94 valence electrons. The van der Waals surface area contributed by atoms with Gasteiger partial charge >= 0.3 is 0 Å². The van der Waals surface area contributed by atoms with E-state index in [0.29, 0.717) is 5.92 Å². The van der Waals surface area contributed by atoms with Crippen LogP contribution in [0.25, 0.3) is 0 Å². The first-order valence-corrected chi connectivity index (χ1v) is 6.24. The molecule has 0 aromatic rings. The predicted molar refractivity (Wildman–Crippen MR) is 64.3 cm³/mol. The van der Waals surface area contributed by atoms with Crippen molar-refractivity contribution in [2.75, 3.05) is 26.8 Å². The van der Waals surface area contributed by atoms with Crippen LogP contribution in [0.2, 0.25) is 0 Å². The molecular weight excluding hydrogens is 204 g/mol. The quantitative estimate of drug-likeness (QED) is 0.665. The summed E-state index contributed by atoms with van der Waals surface area (Å²) in [6.07, 6.45) is 4.13. The van der Waals surface area contributed by atoms with Crippen LogP contribution >= 0.6 is 0 Å². The lowest BCUT2D eigenvalue weighted by molar-refractivity contribution is -0.124. The fraction of sp³-hybridized carbons (Fsp3) is 0.917. The highest BCUT2D eigenvalue weighted by atomic mass is 16.5. The van der Waals surface area contributed by atoms with Gasteiger partial charge in [-0.05, 0) is 38.1 Å². The van der Waals surface area contributed by atoms with Crippen molar-refractivity contribution in [2.45, 2.75) is 38.6 Å². The molecule has 0 bridgehead atoms. The Morgan fingerprint density at radius 1 is 1.50 bits per heavy atom. The van der Waals surface area contributed by atoms with Crippen molar-refractivity contribution in [3.63, 3.8) is 0 Å². The molecule has 2 unspecified atom stereocenters. The highest BCUT2D eigenvalue weighted by Gasteiger charge is 2.23. The Morgan fingerprint density at radius 3 is 3.00 bits per heavy atom. The maximum absolute atomic E-state index is 11.8. The molecule has 4 nitrogen and oxygen atoms in total. The summed E-state index contributed by atoms with van der Waals surface area (Å²) in [6, 6.07) is 0.0196. The van der Waals surface area contributed by atoms with Crippen LogP contribution < -0.4 is 10.6 Å². The summed E-state index contributed by atoms with van der Waals surface area (Å²) in [7, 11) is 1.70. The van der Waals surface area contributed by atoms with Gasteiger partial charge in [0, 0.05) is 20.3 Å². The van der Waals surface area contributed by atoms with Crippen molar-refractivity contribution in [3.8, 4) is 0 Å². The maximum Gasteiger partial charge on any atom is 0.237 e. The number of ether oxygens (including phenoxy) is 1. The van der Waals surface area contributed by atoms with Crippen LogP contribution in [0.5, 0.6) is 0 Å². The zero-order valence-electron chi connectivity index (χ0n) is 10.4. The standard InChI is InChI=1S/C12H24N2O2/c1-10-5-7-13-11(9-10)12(15)14-6-3-4-8-16-2/h10-11,13H,3-9H2,1-2H3,(H,14,15). The van der Waals surface area contributed by atoms with Crippen LogP contribution in [0.4, 0.5) is 0 Å². The minimum Gasteiger partial charge on any atom is -0.385 e. The predicted octanol–water partition coefficient (Wildman–Crippen LogP) is 0.917. The Labute approximate surface area is 98.1 Å². The van der Waals surface area contributed by atoms with E-state index < -0.39 is 0 Å². The largest absolute Gasteiger partial charge is 0.385 e. The number of carbonyl (C=O) groups excluding carboxylic acids is 1. The summed E-state index contributed by atoms with van der Waals surface area (Å²) in [5.41, 5.74) is 0. The van der Waals surface area contributed by atoms with Crippen LogP contribution in [0.15, 0.2) is 0 Å². The molecule has 0 radical (unpaired) electrons. The number of piperidine rings is 1. The molecule has 0 saturated carbocycles. The molecule has 2 atom stereocenters. The van der Waals surface area contributed by atoms with Gasteiger partial charge in [0.15, 0.2) is 0 Å². The summed E-state index contributed by atoms with van der Waals surface area (Å²) in [6.45, 7) is 4.70. The first-order valence-electron chi connectivity index (χ1n) is 6.24. The lowest BCUT2D eigenvalue weighted by atomic mass is 9.94. The second kappa shape index (κ2) is 7.63. The topological polar surface area (TPSA) is 50.4 Å². The van der Waals surface area contributed by atoms with Crippen LogP contribution in [0.3, 0.4) is 0 Å². The molecule has 2 N–H and O–H groups in total. The van der Waals surface area contributed by atoms with Gasteiger partial charge in [0.2, 0.25) is 5.91 Å². The van der Waals surface area contributed by atoms with Crippen LogP contribution in [-0.4, -0.2) is 38.8 Å². The van der Waals surface area contributed by atoms with Crippen molar-refractivity contribution < 1.29 is 9.53 Å². The van der Waals surface area contributed by atoms with Gasteiger partial charge < -0.3 is 15.4 Å². The maximum atomic E-state index is 11.8. The molecule has 0 aromatic heterocycles. The monoisotopic (exact) mass is 228 g/mol. The average molecular weight is 228 g/mol. The van der Waals surface area contributed by atoms with E-state index in [4.69, 9.17) is 4.74 Å². The molecule has 0 aromatic carbocycles. The van der Waals surface area contributed by atoms with Gasteiger partial charge in [-0.15, -0.1) is 0 Å². The molecule has 1 fully saturated rings.